The lowest BCUT2D eigenvalue weighted by atomic mass is 10.0. The van der Waals surface area contributed by atoms with Crippen LogP contribution in [0.25, 0.3) is 11.4 Å². The van der Waals surface area contributed by atoms with Crippen molar-refractivity contribution in [2.24, 2.45) is 0 Å². The zero-order valence-electron chi connectivity index (χ0n) is 14.8. The lowest BCUT2D eigenvalue weighted by Crippen LogP contribution is -2.33. The van der Waals surface area contributed by atoms with Gasteiger partial charge in [-0.05, 0) is 31.0 Å². The average Bonchev–Trinajstić information content (AvgIpc) is 2.69. The number of carbonyl (C=O) groups excluding carboxylic acids is 1. The second-order valence-electron chi connectivity index (χ2n) is 6.17. The van der Waals surface area contributed by atoms with Gasteiger partial charge in [-0.15, -0.1) is 0 Å². The molecule has 1 aromatic carbocycles. The lowest BCUT2D eigenvalue weighted by molar-refractivity contribution is 0.0928. The number of pyridine rings is 1. The molecule has 3 N–H and O–H groups in total. The topological polar surface area (TPSA) is 108 Å². The number of hydrogen-bond donors (Lipinski definition) is 3. The molecule has 27 heavy (non-hydrogen) atoms. The fourth-order valence-electron chi connectivity index (χ4n) is 2.69. The summed E-state index contributed by atoms with van der Waals surface area (Å²) in [5, 5.41) is 12.1. The number of rotatable bonds is 6. The first kappa shape index (κ1) is 18.5. The quantitative estimate of drug-likeness (QED) is 0.620. The van der Waals surface area contributed by atoms with Crippen molar-refractivity contribution in [2.75, 3.05) is 6.61 Å². The highest BCUT2D eigenvalue weighted by atomic mass is 16.3. The number of amides is 1. The molecular weight excluding hydrogens is 344 g/mol. The van der Waals surface area contributed by atoms with Gasteiger partial charge >= 0.3 is 0 Å². The Kier molecular flexibility index (Phi) is 5.73. The Balaban J connectivity index is 1.82. The first-order valence-corrected chi connectivity index (χ1v) is 8.56. The molecule has 1 amide bonds. The maximum absolute atomic E-state index is 12.6. The van der Waals surface area contributed by atoms with Crippen molar-refractivity contribution in [3.8, 4) is 11.4 Å². The monoisotopic (exact) mass is 364 g/mol. The van der Waals surface area contributed by atoms with E-state index in [2.05, 4.69) is 20.3 Å². The number of aliphatic hydroxyl groups excluding tert-OH is 1. The molecule has 0 bridgehead atoms. The molecule has 1 atom stereocenters. The molecule has 0 aliphatic rings. The Morgan fingerprint density at radius 1 is 1.22 bits per heavy atom. The van der Waals surface area contributed by atoms with Crippen molar-refractivity contribution in [3.05, 3.63) is 82.0 Å². The number of aromatic amines is 1. The van der Waals surface area contributed by atoms with Crippen molar-refractivity contribution in [1.29, 1.82) is 0 Å². The van der Waals surface area contributed by atoms with Crippen LogP contribution in [-0.4, -0.2) is 32.6 Å². The number of carbonyl (C=O) groups is 1. The van der Waals surface area contributed by atoms with E-state index in [0.29, 0.717) is 17.8 Å². The lowest BCUT2D eigenvalue weighted by Gasteiger charge is -2.18. The summed E-state index contributed by atoms with van der Waals surface area (Å²) in [4.78, 5) is 35.7. The van der Waals surface area contributed by atoms with E-state index in [0.717, 1.165) is 11.1 Å². The summed E-state index contributed by atoms with van der Waals surface area (Å²) in [6, 6.07) is 10.7. The molecule has 0 fully saturated rings. The van der Waals surface area contributed by atoms with E-state index in [9.17, 15) is 14.7 Å². The van der Waals surface area contributed by atoms with Crippen molar-refractivity contribution in [3.63, 3.8) is 0 Å². The number of H-pyrrole nitrogens is 1. The molecule has 7 heteroatoms. The van der Waals surface area contributed by atoms with E-state index < -0.39 is 17.5 Å². The second kappa shape index (κ2) is 8.37. The highest BCUT2D eigenvalue weighted by Gasteiger charge is 2.18. The van der Waals surface area contributed by atoms with E-state index in [1.54, 1.807) is 24.5 Å². The molecule has 0 aliphatic heterocycles. The van der Waals surface area contributed by atoms with Crippen molar-refractivity contribution in [2.45, 2.75) is 19.4 Å². The molecule has 2 aromatic heterocycles. The standard InChI is InChI=1S/C20H20N4O3/c1-13-4-6-14(7-5-13)17(8-10-25)23-19(26)16-12-22-18(24-20(16)27)15-3-2-9-21-11-15/h2-7,9,11-12,17,25H,8,10H2,1H3,(H,23,26)(H,22,24,27)/t17-/m1/s1. The fraction of sp³-hybridized carbons (Fsp3) is 0.200. The maximum Gasteiger partial charge on any atom is 0.264 e. The molecular formula is C20H20N4O3. The highest BCUT2D eigenvalue weighted by molar-refractivity contribution is 5.93. The van der Waals surface area contributed by atoms with E-state index in [1.165, 1.54) is 6.20 Å². The largest absolute Gasteiger partial charge is 0.396 e. The number of nitrogens with zero attached hydrogens (tertiary/aromatic N) is 2. The van der Waals surface area contributed by atoms with E-state index in [4.69, 9.17) is 0 Å². The number of aryl methyl sites for hydroxylation is 1. The minimum atomic E-state index is -0.541. The molecule has 2 heterocycles. The third-order valence-electron chi connectivity index (χ3n) is 4.18. The smallest absolute Gasteiger partial charge is 0.264 e. The minimum Gasteiger partial charge on any atom is -0.396 e. The van der Waals surface area contributed by atoms with Gasteiger partial charge in [0.05, 0.1) is 6.04 Å². The van der Waals surface area contributed by atoms with Crippen LogP contribution in [0.4, 0.5) is 0 Å². The van der Waals surface area contributed by atoms with Crippen LogP contribution in [0.2, 0.25) is 0 Å². The fourth-order valence-corrected chi connectivity index (χ4v) is 2.69. The van der Waals surface area contributed by atoms with Crippen LogP contribution in [0.5, 0.6) is 0 Å². The Bertz CT molecular complexity index is 969. The van der Waals surface area contributed by atoms with Gasteiger partial charge in [0, 0.05) is 30.8 Å². The molecule has 138 valence electrons. The van der Waals surface area contributed by atoms with Crippen LogP contribution in [0.1, 0.15) is 33.9 Å². The van der Waals surface area contributed by atoms with Crippen LogP contribution in [0.3, 0.4) is 0 Å². The van der Waals surface area contributed by atoms with E-state index >= 15 is 0 Å². The average molecular weight is 364 g/mol. The van der Waals surface area contributed by atoms with E-state index in [1.807, 2.05) is 31.2 Å². The minimum absolute atomic E-state index is 0.0855. The highest BCUT2D eigenvalue weighted by Crippen LogP contribution is 2.18. The van der Waals surface area contributed by atoms with Gasteiger partial charge in [-0.3, -0.25) is 14.6 Å². The first-order valence-electron chi connectivity index (χ1n) is 8.56. The number of nitrogens with one attached hydrogen (secondary N) is 2. The molecule has 3 aromatic rings. The summed E-state index contributed by atoms with van der Waals surface area (Å²) < 4.78 is 0. The van der Waals surface area contributed by atoms with Gasteiger partial charge in [0.25, 0.3) is 11.5 Å². The number of aromatic nitrogens is 3. The normalized spacial score (nSPS) is 11.8. The third-order valence-corrected chi connectivity index (χ3v) is 4.18. The predicted octanol–water partition coefficient (Wildman–Crippen LogP) is 1.99. The molecule has 0 saturated carbocycles. The summed E-state index contributed by atoms with van der Waals surface area (Å²) in [5.41, 5.74) is 1.99. The van der Waals surface area contributed by atoms with Crippen molar-refractivity contribution >= 4 is 5.91 Å². The van der Waals surface area contributed by atoms with Crippen LogP contribution in [-0.2, 0) is 0 Å². The SMILES string of the molecule is Cc1ccc([C@@H](CCO)NC(=O)c2cnc(-c3cccnc3)[nH]c2=O)cc1. The maximum atomic E-state index is 12.6. The van der Waals surface area contributed by atoms with Crippen LogP contribution < -0.4 is 10.9 Å². The van der Waals surface area contributed by atoms with Gasteiger partial charge in [-0.25, -0.2) is 4.98 Å². The zero-order chi connectivity index (χ0) is 19.2. The molecule has 0 aliphatic carbocycles. The van der Waals surface area contributed by atoms with Crippen molar-refractivity contribution in [1.82, 2.24) is 20.3 Å². The summed E-state index contributed by atoms with van der Waals surface area (Å²) in [6.07, 6.45) is 4.79. The Morgan fingerprint density at radius 3 is 2.63 bits per heavy atom. The number of hydrogen-bond acceptors (Lipinski definition) is 5. The molecule has 0 radical (unpaired) electrons. The van der Waals surface area contributed by atoms with Gasteiger partial charge in [-0.1, -0.05) is 29.8 Å². The summed E-state index contributed by atoms with van der Waals surface area (Å²) in [5.74, 6) is -0.199. The summed E-state index contributed by atoms with van der Waals surface area (Å²) in [6.45, 7) is 1.88. The molecule has 3 rings (SSSR count). The molecule has 0 saturated heterocycles. The Labute approximate surface area is 156 Å². The predicted molar refractivity (Wildman–Crippen MR) is 101 cm³/mol. The summed E-state index contributed by atoms with van der Waals surface area (Å²) in [7, 11) is 0. The van der Waals surface area contributed by atoms with Crippen LogP contribution in [0.15, 0.2) is 59.8 Å². The van der Waals surface area contributed by atoms with E-state index in [-0.39, 0.29) is 12.2 Å². The zero-order valence-corrected chi connectivity index (χ0v) is 14.8. The molecule has 0 spiro atoms. The Hall–Kier alpha value is -3.32. The van der Waals surface area contributed by atoms with Gasteiger partial charge in [-0.2, -0.15) is 0 Å². The van der Waals surface area contributed by atoms with Gasteiger partial charge < -0.3 is 15.4 Å². The van der Waals surface area contributed by atoms with Crippen LogP contribution >= 0.6 is 0 Å². The third kappa shape index (κ3) is 4.45. The number of aliphatic hydroxyl groups is 1. The van der Waals surface area contributed by atoms with Gasteiger partial charge in [0.1, 0.15) is 11.4 Å². The van der Waals surface area contributed by atoms with Gasteiger partial charge in [0.15, 0.2) is 0 Å². The second-order valence-corrected chi connectivity index (χ2v) is 6.17. The first-order chi connectivity index (χ1) is 13.1. The van der Waals surface area contributed by atoms with Crippen LogP contribution in [0, 0.1) is 6.92 Å². The molecule has 7 nitrogen and oxygen atoms in total. The number of benzene rings is 1. The van der Waals surface area contributed by atoms with Crippen molar-refractivity contribution < 1.29 is 9.90 Å². The molecule has 0 unspecified atom stereocenters. The summed E-state index contributed by atoms with van der Waals surface area (Å²) >= 11 is 0. The Morgan fingerprint density at radius 2 is 2.00 bits per heavy atom. The van der Waals surface area contributed by atoms with Gasteiger partial charge in [0.2, 0.25) is 0 Å².